The Bertz CT molecular complexity index is 860. The van der Waals surface area contributed by atoms with E-state index in [1.54, 1.807) is 6.92 Å². The molecule has 16 heteroatoms. The van der Waals surface area contributed by atoms with Gasteiger partial charge in [0.25, 0.3) is 0 Å². The van der Waals surface area contributed by atoms with E-state index in [4.69, 9.17) is 0 Å². The highest BCUT2D eigenvalue weighted by atomic mass is 19.4. The minimum absolute atomic E-state index is 0.0504. The third-order valence-electron chi connectivity index (χ3n) is 5.06. The molecule has 0 fully saturated rings. The summed E-state index contributed by atoms with van der Waals surface area (Å²) in [6, 6.07) is 4.50. The van der Waals surface area contributed by atoms with Gasteiger partial charge in [-0.1, -0.05) is 37.6 Å². The molecule has 1 N–H and O–H groups in total. The van der Waals surface area contributed by atoms with Gasteiger partial charge in [-0.3, -0.25) is 0 Å². The molecule has 204 valence electrons. The largest absolute Gasteiger partial charge is 0.460 e. The van der Waals surface area contributed by atoms with E-state index in [1.807, 2.05) is 0 Å². The van der Waals surface area contributed by atoms with E-state index in [-0.39, 0.29) is 12.0 Å². The summed E-state index contributed by atoms with van der Waals surface area (Å²) in [6.07, 6.45) is -12.3. The van der Waals surface area contributed by atoms with Crippen molar-refractivity contribution < 1.29 is 71.0 Å². The molecule has 1 atom stereocenters. The van der Waals surface area contributed by atoms with Gasteiger partial charge in [0.15, 0.2) is 0 Å². The second-order valence-electron chi connectivity index (χ2n) is 7.60. The molecule has 1 rings (SSSR count). The highest BCUT2D eigenvalue weighted by molar-refractivity contribution is 5.29. The number of alkyl halides is 15. The fourth-order valence-corrected chi connectivity index (χ4v) is 2.93. The average Bonchev–Trinajstić information content (AvgIpc) is 2.70. The van der Waals surface area contributed by atoms with E-state index in [9.17, 15) is 71.0 Å². The van der Waals surface area contributed by atoms with Crippen LogP contribution in [0.15, 0.2) is 24.3 Å². The van der Waals surface area contributed by atoms with Crippen LogP contribution in [-0.4, -0.2) is 46.8 Å². The van der Waals surface area contributed by atoms with E-state index >= 15 is 0 Å². The number of hydrogen-bond donors (Lipinski definition) is 1. The molecule has 35 heavy (non-hydrogen) atoms. The molecule has 0 spiro atoms. The Morgan fingerprint density at radius 1 is 0.657 bits per heavy atom. The second kappa shape index (κ2) is 9.54. The molecule has 1 nitrogen and oxygen atoms in total. The van der Waals surface area contributed by atoms with Crippen molar-refractivity contribution >= 4 is 0 Å². The van der Waals surface area contributed by atoms with Gasteiger partial charge in [-0.25, -0.2) is 0 Å². The zero-order chi connectivity index (χ0) is 27.9. The Kier molecular flexibility index (Phi) is 8.49. The van der Waals surface area contributed by atoms with Crippen LogP contribution in [0.5, 0.6) is 0 Å². The average molecular weight is 546 g/mol. The summed E-state index contributed by atoms with van der Waals surface area (Å²) in [4.78, 5) is 0. The van der Waals surface area contributed by atoms with Crippen molar-refractivity contribution in [3.8, 4) is 0 Å². The van der Waals surface area contributed by atoms with Crippen molar-refractivity contribution in [1.29, 1.82) is 0 Å². The maximum Gasteiger partial charge on any atom is 0.460 e. The minimum Gasteiger partial charge on any atom is -0.388 e. The number of unbranched alkanes of at least 4 members (excludes halogenated alkanes) is 1. The Labute approximate surface area is 187 Å². The SMILES string of the molecule is CCCCc1ccccc1C(O)CC(F)(F)C(F)(F)C(F)(F)C(F)(F)C(F)(F)C(F)(F)C(F)(F)F. The molecule has 1 aromatic rings. The van der Waals surface area contributed by atoms with Gasteiger partial charge in [0, 0.05) is 6.42 Å². The monoisotopic (exact) mass is 546 g/mol. The molecule has 0 aromatic heterocycles. The van der Waals surface area contributed by atoms with Gasteiger partial charge < -0.3 is 5.11 Å². The summed E-state index contributed by atoms with van der Waals surface area (Å²) in [7, 11) is 0. The molecular formula is C19H17F15O. The third kappa shape index (κ3) is 5.03. The summed E-state index contributed by atoms with van der Waals surface area (Å²) in [6.45, 7) is 1.67. The molecule has 0 saturated heterocycles. The molecule has 0 radical (unpaired) electrons. The zero-order valence-electron chi connectivity index (χ0n) is 17.3. The van der Waals surface area contributed by atoms with Crippen LogP contribution >= 0.6 is 0 Å². The van der Waals surface area contributed by atoms with E-state index in [0.29, 0.717) is 12.8 Å². The Morgan fingerprint density at radius 3 is 1.54 bits per heavy atom. The number of hydrogen-bond acceptors (Lipinski definition) is 1. The Balaban J connectivity index is 3.45. The highest BCUT2D eigenvalue weighted by Crippen LogP contribution is 2.63. The predicted octanol–water partition coefficient (Wildman–Crippen LogP) is 7.83. The minimum atomic E-state index is -8.34. The Hall–Kier alpha value is -1.87. The molecule has 0 aliphatic heterocycles. The van der Waals surface area contributed by atoms with E-state index in [2.05, 4.69) is 0 Å². The second-order valence-corrected chi connectivity index (χ2v) is 7.60. The topological polar surface area (TPSA) is 20.2 Å². The third-order valence-corrected chi connectivity index (χ3v) is 5.06. The van der Waals surface area contributed by atoms with Crippen molar-refractivity contribution in [3.63, 3.8) is 0 Å². The van der Waals surface area contributed by atoms with Gasteiger partial charge in [0.1, 0.15) is 0 Å². The van der Waals surface area contributed by atoms with Gasteiger partial charge in [-0.05, 0) is 24.0 Å². The summed E-state index contributed by atoms with van der Waals surface area (Å²) in [5.41, 5.74) is -0.491. The molecule has 0 bridgehead atoms. The first-order valence-corrected chi connectivity index (χ1v) is 9.53. The van der Waals surface area contributed by atoms with Crippen LogP contribution in [0.3, 0.4) is 0 Å². The lowest BCUT2D eigenvalue weighted by molar-refractivity contribution is -0.453. The number of halogens is 15. The molecule has 0 aliphatic rings. The van der Waals surface area contributed by atoms with Crippen molar-refractivity contribution in [1.82, 2.24) is 0 Å². The molecule has 0 heterocycles. The molecule has 0 saturated carbocycles. The lowest BCUT2D eigenvalue weighted by Gasteiger charge is -2.41. The number of benzene rings is 1. The Morgan fingerprint density at radius 2 is 1.09 bits per heavy atom. The van der Waals surface area contributed by atoms with Crippen LogP contribution < -0.4 is 0 Å². The van der Waals surface area contributed by atoms with E-state index in [1.165, 1.54) is 12.1 Å². The smallest absolute Gasteiger partial charge is 0.388 e. The van der Waals surface area contributed by atoms with Crippen LogP contribution in [0.2, 0.25) is 0 Å². The van der Waals surface area contributed by atoms with Crippen LogP contribution in [0.25, 0.3) is 0 Å². The first kappa shape index (κ1) is 31.2. The lowest BCUT2D eigenvalue weighted by atomic mass is 9.87. The zero-order valence-corrected chi connectivity index (χ0v) is 17.3. The van der Waals surface area contributed by atoms with Crippen molar-refractivity contribution in [2.75, 3.05) is 0 Å². The summed E-state index contributed by atoms with van der Waals surface area (Å²) < 4.78 is 199. The maximum absolute atomic E-state index is 14.1. The van der Waals surface area contributed by atoms with Crippen molar-refractivity contribution in [3.05, 3.63) is 35.4 Å². The fraction of sp³-hybridized carbons (Fsp3) is 0.684. The number of aryl methyl sites for hydroxylation is 1. The van der Waals surface area contributed by atoms with Gasteiger partial charge in [-0.2, -0.15) is 65.9 Å². The van der Waals surface area contributed by atoms with Crippen molar-refractivity contribution in [2.45, 2.75) is 80.4 Å². The van der Waals surface area contributed by atoms with Gasteiger partial charge in [0.05, 0.1) is 6.10 Å². The van der Waals surface area contributed by atoms with Crippen LogP contribution in [0.4, 0.5) is 65.9 Å². The quantitative estimate of drug-likeness (QED) is 0.281. The van der Waals surface area contributed by atoms with Crippen LogP contribution in [-0.2, 0) is 6.42 Å². The van der Waals surface area contributed by atoms with E-state index < -0.39 is 59.8 Å². The van der Waals surface area contributed by atoms with Gasteiger partial charge in [-0.15, -0.1) is 0 Å². The lowest BCUT2D eigenvalue weighted by Crippen LogP contribution is -2.72. The molecule has 1 aromatic carbocycles. The fourth-order valence-electron chi connectivity index (χ4n) is 2.93. The number of aliphatic hydroxyl groups is 1. The normalized spacial score (nSPS) is 15.9. The van der Waals surface area contributed by atoms with Crippen molar-refractivity contribution in [2.24, 2.45) is 0 Å². The van der Waals surface area contributed by atoms with Gasteiger partial charge >= 0.3 is 41.7 Å². The summed E-state index contributed by atoms with van der Waals surface area (Å²) in [5.74, 6) is -46.9. The molecule has 1 unspecified atom stereocenters. The first-order chi connectivity index (χ1) is 15.4. The van der Waals surface area contributed by atoms with Gasteiger partial charge in [0.2, 0.25) is 0 Å². The van der Waals surface area contributed by atoms with Crippen LogP contribution in [0, 0.1) is 0 Å². The highest BCUT2D eigenvalue weighted by Gasteiger charge is 2.93. The maximum atomic E-state index is 14.1. The summed E-state index contributed by atoms with van der Waals surface area (Å²) in [5, 5.41) is 9.90. The summed E-state index contributed by atoms with van der Waals surface area (Å²) >= 11 is 0. The first-order valence-electron chi connectivity index (χ1n) is 9.53. The standard InChI is InChI=1S/C19H17F15O/c1-2-3-6-10-7-4-5-8-11(10)12(35)9-13(20,21)14(22,23)15(24,25)16(26,27)17(28,29)18(30,31)19(32,33)34/h4-5,7-8,12,35H,2-3,6,9H2,1H3. The molecule has 0 aliphatic carbocycles. The molecular weight excluding hydrogens is 529 g/mol. The molecule has 0 amide bonds. The van der Waals surface area contributed by atoms with E-state index in [0.717, 1.165) is 12.1 Å². The van der Waals surface area contributed by atoms with Crippen LogP contribution in [0.1, 0.15) is 43.4 Å². The number of aliphatic hydroxyl groups excluding tert-OH is 1. The number of rotatable bonds is 11. The predicted molar refractivity (Wildman–Crippen MR) is 90.4 cm³/mol.